The van der Waals surface area contributed by atoms with E-state index >= 15 is 0 Å². The molecule has 0 aliphatic rings. The summed E-state index contributed by atoms with van der Waals surface area (Å²) in [5.74, 6) is 0. The minimum atomic E-state index is 1.17. The van der Waals surface area contributed by atoms with Crippen LogP contribution in [0.15, 0.2) is 231 Å². The molecular formula is C62H42. The van der Waals surface area contributed by atoms with Gasteiger partial charge in [-0.25, -0.2) is 0 Å². The van der Waals surface area contributed by atoms with Gasteiger partial charge in [0.15, 0.2) is 0 Å². The van der Waals surface area contributed by atoms with Crippen LogP contribution in [0.3, 0.4) is 0 Å². The molecule has 0 aromatic heterocycles. The van der Waals surface area contributed by atoms with Crippen LogP contribution in [0.25, 0.3) is 112 Å². The molecule has 11 rings (SSSR count). The van der Waals surface area contributed by atoms with Gasteiger partial charge in [-0.05, 0) is 110 Å². The van der Waals surface area contributed by atoms with Gasteiger partial charge in [-0.2, -0.15) is 0 Å². The summed E-state index contributed by atoms with van der Waals surface area (Å²) in [6, 6.07) is 83.8. The van der Waals surface area contributed by atoms with Crippen molar-refractivity contribution in [3.63, 3.8) is 0 Å². The van der Waals surface area contributed by atoms with Crippen LogP contribution in [0.4, 0.5) is 0 Å². The van der Waals surface area contributed by atoms with E-state index in [9.17, 15) is 0 Å². The Kier molecular flexibility index (Phi) is 9.65. The molecule has 0 spiro atoms. The summed E-state index contributed by atoms with van der Waals surface area (Å²) in [7, 11) is 0. The first-order valence-corrected chi connectivity index (χ1v) is 21.4. The van der Waals surface area contributed by atoms with Crippen molar-refractivity contribution in [1.29, 1.82) is 0 Å². The highest BCUT2D eigenvalue weighted by Crippen LogP contribution is 2.44. The molecule has 11 aromatic rings. The number of benzene rings is 11. The van der Waals surface area contributed by atoms with E-state index in [4.69, 9.17) is 0 Å². The van der Waals surface area contributed by atoms with Crippen LogP contribution in [0.5, 0.6) is 0 Å². The first kappa shape index (κ1) is 37.0. The molecule has 0 heterocycles. The third-order valence-corrected chi connectivity index (χ3v) is 12.3. The Morgan fingerprint density at radius 3 is 0.774 bits per heavy atom. The lowest BCUT2D eigenvalue weighted by Gasteiger charge is -2.18. The zero-order valence-corrected chi connectivity index (χ0v) is 34.2. The molecule has 0 saturated carbocycles. The van der Waals surface area contributed by atoms with Gasteiger partial charge in [0.05, 0.1) is 0 Å². The molecule has 0 amide bonds. The molecule has 0 bridgehead atoms. The van der Waals surface area contributed by atoms with Gasteiger partial charge in [0, 0.05) is 0 Å². The van der Waals surface area contributed by atoms with Gasteiger partial charge < -0.3 is 0 Å². The van der Waals surface area contributed by atoms with Crippen molar-refractivity contribution in [3.8, 4) is 44.5 Å². The SMILES string of the molecule is C(=C\c1ccc(-c2c3ccccc3c(-c3ccc(/C=C/c4ccc(-c5cccc6ccccc56)cc4)cc3)c3ccccc23)cc1)/c1ccc(-c2cccc3ccccc23)cc1. The lowest BCUT2D eigenvalue weighted by atomic mass is 9.85. The normalized spacial score (nSPS) is 11.7. The summed E-state index contributed by atoms with van der Waals surface area (Å²) in [4.78, 5) is 0. The summed E-state index contributed by atoms with van der Waals surface area (Å²) in [5, 5.41) is 10.1. The number of fused-ring (bicyclic) bond motifs is 4. The zero-order valence-electron chi connectivity index (χ0n) is 34.2. The molecule has 0 fully saturated rings. The third kappa shape index (κ3) is 7.08. The van der Waals surface area contributed by atoms with Gasteiger partial charge in [0.1, 0.15) is 0 Å². The van der Waals surface area contributed by atoms with E-state index in [0.717, 1.165) is 0 Å². The molecule has 0 saturated heterocycles. The molecule has 290 valence electrons. The van der Waals surface area contributed by atoms with Crippen molar-refractivity contribution < 1.29 is 0 Å². The van der Waals surface area contributed by atoms with E-state index in [-0.39, 0.29) is 0 Å². The maximum atomic E-state index is 2.28. The fourth-order valence-electron chi connectivity index (χ4n) is 9.16. The van der Waals surface area contributed by atoms with E-state index in [1.807, 2.05) is 0 Å². The van der Waals surface area contributed by atoms with E-state index in [1.54, 1.807) is 0 Å². The largest absolute Gasteiger partial charge is 0.0616 e. The molecule has 11 aromatic carbocycles. The monoisotopic (exact) mass is 786 g/mol. The molecule has 0 aliphatic heterocycles. The summed E-state index contributed by atoms with van der Waals surface area (Å²) in [6.07, 6.45) is 8.82. The lowest BCUT2D eigenvalue weighted by Crippen LogP contribution is -1.91. The zero-order chi connectivity index (χ0) is 41.2. The molecule has 0 N–H and O–H groups in total. The van der Waals surface area contributed by atoms with Crippen molar-refractivity contribution in [2.24, 2.45) is 0 Å². The van der Waals surface area contributed by atoms with Crippen LogP contribution in [0.1, 0.15) is 22.3 Å². The highest BCUT2D eigenvalue weighted by molar-refractivity contribution is 6.21. The van der Waals surface area contributed by atoms with Crippen molar-refractivity contribution >= 4 is 67.4 Å². The number of hydrogen-bond acceptors (Lipinski definition) is 0. The standard InChI is InChI=1S/C62H42/c1-3-15-53-47(11-1)13-9-21-55(53)49-35-27-43(28-36-49)23-25-45-31-39-51(40-32-45)61-57-17-5-7-19-59(57)62(60-20-8-6-18-58(60)61)52-41-33-46(34-42-52)26-24-44-29-37-50(38-30-44)56-22-10-14-48-12-2-4-16-54(48)56/h1-42H/b25-23+,26-24+. The molecule has 0 nitrogen and oxygen atoms in total. The Morgan fingerprint density at radius 2 is 0.452 bits per heavy atom. The first-order valence-electron chi connectivity index (χ1n) is 21.4. The average Bonchev–Trinajstić information content (AvgIpc) is 3.35. The molecule has 62 heavy (non-hydrogen) atoms. The Labute approximate surface area is 363 Å². The van der Waals surface area contributed by atoms with E-state index in [1.165, 1.54) is 110 Å². The third-order valence-electron chi connectivity index (χ3n) is 12.3. The molecule has 0 aliphatic carbocycles. The van der Waals surface area contributed by atoms with Gasteiger partial charge in [-0.1, -0.05) is 255 Å². The molecule has 0 unspecified atom stereocenters. The van der Waals surface area contributed by atoms with Crippen molar-refractivity contribution in [2.75, 3.05) is 0 Å². The van der Waals surface area contributed by atoms with E-state index < -0.39 is 0 Å². The van der Waals surface area contributed by atoms with Crippen molar-refractivity contribution in [3.05, 3.63) is 253 Å². The Balaban J connectivity index is 0.852. The molecular weight excluding hydrogens is 745 g/mol. The fraction of sp³-hybridized carbons (Fsp3) is 0. The highest BCUT2D eigenvalue weighted by Gasteiger charge is 2.16. The predicted molar refractivity (Wildman–Crippen MR) is 269 cm³/mol. The smallest absolute Gasteiger partial charge is 0.00264 e. The van der Waals surface area contributed by atoms with E-state index in [0.29, 0.717) is 0 Å². The number of rotatable bonds is 8. The number of hydrogen-bond donors (Lipinski definition) is 0. The molecule has 0 atom stereocenters. The van der Waals surface area contributed by atoms with Gasteiger partial charge in [-0.3, -0.25) is 0 Å². The Hall–Kier alpha value is -8.06. The predicted octanol–water partition coefficient (Wildman–Crippen LogP) is 17.3. The minimum Gasteiger partial charge on any atom is -0.0616 e. The van der Waals surface area contributed by atoms with E-state index in [2.05, 4.69) is 255 Å². The quantitative estimate of drug-likeness (QED) is 0.106. The minimum absolute atomic E-state index is 1.17. The molecule has 0 radical (unpaired) electrons. The van der Waals surface area contributed by atoms with Crippen LogP contribution in [0, 0.1) is 0 Å². The van der Waals surface area contributed by atoms with Crippen molar-refractivity contribution in [1.82, 2.24) is 0 Å². The van der Waals surface area contributed by atoms with Crippen LogP contribution in [-0.2, 0) is 0 Å². The van der Waals surface area contributed by atoms with Crippen LogP contribution >= 0.6 is 0 Å². The maximum absolute atomic E-state index is 2.28. The second kappa shape index (κ2) is 16.2. The fourth-order valence-corrected chi connectivity index (χ4v) is 9.16. The highest BCUT2D eigenvalue weighted by atomic mass is 14.2. The summed E-state index contributed by atoms with van der Waals surface area (Å²) in [5.41, 5.74) is 14.7. The van der Waals surface area contributed by atoms with Crippen molar-refractivity contribution in [2.45, 2.75) is 0 Å². The van der Waals surface area contributed by atoms with Crippen LogP contribution in [-0.4, -0.2) is 0 Å². The topological polar surface area (TPSA) is 0 Å². The summed E-state index contributed by atoms with van der Waals surface area (Å²) < 4.78 is 0. The van der Waals surface area contributed by atoms with Crippen LogP contribution in [0.2, 0.25) is 0 Å². The Morgan fingerprint density at radius 1 is 0.194 bits per heavy atom. The second-order valence-corrected chi connectivity index (χ2v) is 16.0. The van der Waals surface area contributed by atoms with Gasteiger partial charge in [-0.15, -0.1) is 0 Å². The first-order chi connectivity index (χ1) is 30.7. The van der Waals surface area contributed by atoms with Gasteiger partial charge in [0.25, 0.3) is 0 Å². The Bertz CT molecular complexity index is 3150. The van der Waals surface area contributed by atoms with Crippen LogP contribution < -0.4 is 0 Å². The summed E-state index contributed by atoms with van der Waals surface area (Å²) in [6.45, 7) is 0. The van der Waals surface area contributed by atoms with Gasteiger partial charge >= 0.3 is 0 Å². The lowest BCUT2D eigenvalue weighted by molar-refractivity contribution is 1.61. The summed E-state index contributed by atoms with van der Waals surface area (Å²) >= 11 is 0. The maximum Gasteiger partial charge on any atom is -0.00264 e. The molecule has 0 heteroatoms. The van der Waals surface area contributed by atoms with Gasteiger partial charge in [0.2, 0.25) is 0 Å². The second-order valence-electron chi connectivity index (χ2n) is 16.0. The average molecular weight is 787 g/mol.